The molecule has 0 amide bonds. The molecule has 0 aliphatic carbocycles. The van der Waals surface area contributed by atoms with Crippen molar-refractivity contribution in [2.45, 2.75) is 73.2 Å². The fourth-order valence-corrected chi connectivity index (χ4v) is 4.41. The van der Waals surface area contributed by atoms with E-state index in [0.717, 1.165) is 6.42 Å². The minimum Gasteiger partial charge on any atom is -0.462 e. The number of hydrogen-bond acceptors (Lipinski definition) is 5. The molecule has 0 aliphatic rings. The lowest BCUT2D eigenvalue weighted by Gasteiger charge is -2.34. The van der Waals surface area contributed by atoms with Gasteiger partial charge in [0, 0.05) is 18.3 Å². The number of esters is 1. The molecule has 5 nitrogen and oxygen atoms in total. The van der Waals surface area contributed by atoms with Gasteiger partial charge in [-0.1, -0.05) is 13.5 Å². The fraction of sp³-hybridized carbons (Fsp3) is 0.800. The van der Waals surface area contributed by atoms with Gasteiger partial charge in [-0.05, 0) is 48.0 Å². The van der Waals surface area contributed by atoms with E-state index in [2.05, 4.69) is 6.58 Å². The van der Waals surface area contributed by atoms with Crippen LogP contribution in [0.1, 0.15) is 54.9 Å². The predicted octanol–water partition coefficient (Wildman–Crippen LogP) is 3.25. The lowest BCUT2D eigenvalue weighted by Crippen LogP contribution is -2.54. The van der Waals surface area contributed by atoms with E-state index in [4.69, 9.17) is 18.0 Å². The summed E-state index contributed by atoms with van der Waals surface area (Å²) in [5.74, 6) is -0.509. The highest BCUT2D eigenvalue weighted by Crippen LogP contribution is 2.25. The molecule has 0 saturated heterocycles. The molecule has 0 aliphatic heterocycles. The van der Waals surface area contributed by atoms with E-state index < -0.39 is 14.8 Å². The Morgan fingerprint density at radius 3 is 1.62 bits per heavy atom. The van der Waals surface area contributed by atoms with Crippen molar-refractivity contribution in [3.05, 3.63) is 11.8 Å². The van der Waals surface area contributed by atoms with E-state index in [1.807, 2.05) is 48.5 Å². The normalized spacial score (nSPS) is 12.3. The molecule has 0 aromatic carbocycles. The summed E-state index contributed by atoms with van der Waals surface area (Å²) >= 11 is 0. The van der Waals surface area contributed by atoms with Crippen LogP contribution in [0.25, 0.3) is 0 Å². The van der Waals surface area contributed by atoms with Crippen molar-refractivity contribution in [1.82, 2.24) is 0 Å². The second-order valence-electron chi connectivity index (χ2n) is 5.67. The van der Waals surface area contributed by atoms with Crippen molar-refractivity contribution in [1.29, 1.82) is 0 Å². The van der Waals surface area contributed by atoms with E-state index in [9.17, 15) is 4.79 Å². The van der Waals surface area contributed by atoms with Crippen LogP contribution in [0.3, 0.4) is 0 Å². The number of hydrogen-bond donors (Lipinski definition) is 0. The fourth-order valence-electron chi connectivity index (χ4n) is 1.63. The lowest BCUT2D eigenvalue weighted by molar-refractivity contribution is -0.139. The minimum absolute atomic E-state index is 0.148. The van der Waals surface area contributed by atoms with Crippen LogP contribution in [0.4, 0.5) is 0 Å². The molecule has 0 radical (unpaired) electrons. The molecule has 0 rings (SSSR count). The zero-order valence-electron chi connectivity index (χ0n) is 14.4. The summed E-state index contributed by atoms with van der Waals surface area (Å²) < 4.78 is 22.9. The molecular formula is C15H30O5Si. The third-order valence-electron chi connectivity index (χ3n) is 2.23. The number of carbonyl (C=O) groups excluding carboxylic acids is 1. The van der Waals surface area contributed by atoms with Crippen LogP contribution in [0.5, 0.6) is 0 Å². The van der Waals surface area contributed by atoms with Crippen molar-refractivity contribution in [2.75, 3.05) is 6.61 Å². The van der Waals surface area contributed by atoms with Crippen molar-refractivity contribution in [3.63, 3.8) is 0 Å². The molecule has 0 atom stereocenters. The molecule has 0 unspecified atom stereocenters. The minimum atomic E-state index is -3.37. The van der Waals surface area contributed by atoms with Crippen molar-refractivity contribution >= 4 is 14.8 Å². The van der Waals surface area contributed by atoms with E-state index >= 15 is 0 Å². The number of rotatable bonds is 10. The zero-order chi connectivity index (χ0) is 16.6. The van der Waals surface area contributed by atoms with Crippen LogP contribution in [-0.2, 0) is 22.8 Å². The molecule has 0 heterocycles. The van der Waals surface area contributed by atoms with Crippen LogP contribution in [0.15, 0.2) is 11.8 Å². The first-order valence-corrected chi connectivity index (χ1v) is 9.27. The zero-order valence-corrected chi connectivity index (χ0v) is 15.4. The third-order valence-corrected chi connectivity index (χ3v) is 5.51. The SMILES string of the molecule is C=C(C(=O)OCCC)[Si](OC(C)C)(OC(C)C)OC(C)C. The van der Waals surface area contributed by atoms with Gasteiger partial charge in [-0.25, -0.2) is 4.79 Å². The summed E-state index contributed by atoms with van der Waals surface area (Å²) in [5.41, 5.74) is 0. The molecule has 0 bridgehead atoms. The summed E-state index contributed by atoms with van der Waals surface area (Å²) in [6.45, 7) is 17.4. The first-order valence-electron chi connectivity index (χ1n) is 7.54. The molecule has 6 heteroatoms. The van der Waals surface area contributed by atoms with Gasteiger partial charge in [0.1, 0.15) is 5.20 Å². The van der Waals surface area contributed by atoms with Crippen LogP contribution in [0.2, 0.25) is 0 Å². The number of ether oxygens (including phenoxy) is 1. The summed E-state index contributed by atoms with van der Waals surface area (Å²) in [6.07, 6.45) is 0.300. The Labute approximate surface area is 130 Å². The summed E-state index contributed by atoms with van der Waals surface area (Å²) in [5, 5.41) is 0.159. The summed E-state index contributed by atoms with van der Waals surface area (Å²) in [6, 6.07) is 0. The standard InChI is InChI=1S/C15H30O5Si/c1-9-10-17-15(16)14(8)21(18-11(2)3,19-12(4)5)20-13(6)7/h11-13H,8-10H2,1-7H3. The van der Waals surface area contributed by atoms with E-state index in [0.29, 0.717) is 6.61 Å². The van der Waals surface area contributed by atoms with Gasteiger partial charge in [0.05, 0.1) is 6.61 Å². The smallest absolute Gasteiger partial charge is 0.462 e. The van der Waals surface area contributed by atoms with Crippen molar-refractivity contribution < 1.29 is 22.8 Å². The van der Waals surface area contributed by atoms with Crippen molar-refractivity contribution in [2.24, 2.45) is 0 Å². The first kappa shape index (κ1) is 20.3. The quantitative estimate of drug-likeness (QED) is 0.351. The number of carbonyl (C=O) groups is 1. The first-order chi connectivity index (χ1) is 9.64. The molecule has 0 spiro atoms. The van der Waals surface area contributed by atoms with Gasteiger partial charge < -0.3 is 18.0 Å². The van der Waals surface area contributed by atoms with Gasteiger partial charge in [0.2, 0.25) is 0 Å². The van der Waals surface area contributed by atoms with Crippen LogP contribution >= 0.6 is 0 Å². The molecule has 124 valence electrons. The molecule has 0 fully saturated rings. The highest BCUT2D eigenvalue weighted by Gasteiger charge is 2.51. The van der Waals surface area contributed by atoms with Gasteiger partial charge in [0.25, 0.3) is 0 Å². The Kier molecular flexibility index (Phi) is 9.04. The summed E-state index contributed by atoms with van der Waals surface area (Å²) in [7, 11) is -3.37. The molecular weight excluding hydrogens is 288 g/mol. The Balaban J connectivity index is 5.39. The lowest BCUT2D eigenvalue weighted by atomic mass is 10.5. The Morgan fingerprint density at radius 2 is 1.33 bits per heavy atom. The summed E-state index contributed by atoms with van der Waals surface area (Å²) in [4.78, 5) is 12.2. The van der Waals surface area contributed by atoms with Gasteiger partial charge >= 0.3 is 14.8 Å². The highest BCUT2D eigenvalue weighted by atomic mass is 28.4. The maximum atomic E-state index is 12.2. The molecule has 0 aromatic heterocycles. The maximum Gasteiger partial charge on any atom is 0.544 e. The van der Waals surface area contributed by atoms with Crippen LogP contribution in [0, 0.1) is 0 Å². The monoisotopic (exact) mass is 318 g/mol. The molecule has 21 heavy (non-hydrogen) atoms. The molecule has 0 N–H and O–H groups in total. The van der Waals surface area contributed by atoms with E-state index in [-0.39, 0.29) is 23.5 Å². The average Bonchev–Trinajstić information content (AvgIpc) is 2.32. The Bertz CT molecular complexity index is 312. The Hall–Kier alpha value is -0.693. The maximum absolute atomic E-state index is 12.2. The van der Waals surface area contributed by atoms with E-state index in [1.54, 1.807) is 0 Å². The second kappa shape index (κ2) is 9.35. The third kappa shape index (κ3) is 7.22. The highest BCUT2D eigenvalue weighted by molar-refractivity contribution is 6.74. The van der Waals surface area contributed by atoms with Crippen LogP contribution in [-0.4, -0.2) is 39.7 Å². The predicted molar refractivity (Wildman–Crippen MR) is 84.8 cm³/mol. The molecule has 0 aromatic rings. The topological polar surface area (TPSA) is 54.0 Å². The molecule has 0 saturated carbocycles. The Morgan fingerprint density at radius 1 is 0.952 bits per heavy atom. The van der Waals surface area contributed by atoms with Gasteiger partial charge in [-0.3, -0.25) is 0 Å². The van der Waals surface area contributed by atoms with E-state index in [1.165, 1.54) is 0 Å². The van der Waals surface area contributed by atoms with Crippen LogP contribution < -0.4 is 0 Å². The van der Waals surface area contributed by atoms with Crippen molar-refractivity contribution in [3.8, 4) is 0 Å². The van der Waals surface area contributed by atoms with Gasteiger partial charge in [0.15, 0.2) is 0 Å². The largest absolute Gasteiger partial charge is 0.544 e. The average molecular weight is 318 g/mol. The van der Waals surface area contributed by atoms with Gasteiger partial charge in [-0.2, -0.15) is 0 Å². The second-order valence-corrected chi connectivity index (χ2v) is 8.09. The van der Waals surface area contributed by atoms with Gasteiger partial charge in [-0.15, -0.1) is 0 Å².